The lowest BCUT2D eigenvalue weighted by molar-refractivity contribution is -0.174. The average molecular weight is 462 g/mol. The van der Waals surface area contributed by atoms with Gasteiger partial charge in [-0.05, 0) is 74.6 Å². The van der Waals surface area contributed by atoms with Crippen LogP contribution in [-0.2, 0) is 21.7 Å². The van der Waals surface area contributed by atoms with E-state index >= 15 is 0 Å². The highest BCUT2D eigenvalue weighted by Gasteiger charge is 2.47. The van der Waals surface area contributed by atoms with Gasteiger partial charge in [0.15, 0.2) is 5.60 Å². The van der Waals surface area contributed by atoms with Crippen LogP contribution in [0.15, 0.2) is 48.5 Å². The van der Waals surface area contributed by atoms with Gasteiger partial charge in [-0.2, -0.15) is 0 Å². The van der Waals surface area contributed by atoms with Crippen LogP contribution in [0.4, 0.5) is 0 Å². The first kappa shape index (κ1) is 24.2. The van der Waals surface area contributed by atoms with Crippen molar-refractivity contribution in [2.24, 2.45) is 5.92 Å². The van der Waals surface area contributed by atoms with Gasteiger partial charge >= 0.3 is 5.97 Å². The predicted molar refractivity (Wildman–Crippen MR) is 134 cm³/mol. The zero-order chi connectivity index (χ0) is 24.1. The van der Waals surface area contributed by atoms with E-state index in [0.29, 0.717) is 12.2 Å². The molecule has 1 fully saturated rings. The molecule has 1 heterocycles. The summed E-state index contributed by atoms with van der Waals surface area (Å²) in [5.41, 5.74) is 2.51. The fraction of sp³-hybridized carbons (Fsp3) is 0.448. The zero-order valence-electron chi connectivity index (χ0n) is 20.5. The molecule has 0 radical (unpaired) electrons. The Labute approximate surface area is 202 Å². The van der Waals surface area contributed by atoms with Crippen LogP contribution < -0.4 is 4.74 Å². The Morgan fingerprint density at radius 2 is 1.71 bits per heavy atom. The molecule has 1 N–H and O–H groups in total. The largest absolute Gasteiger partial charge is 0.487 e. The number of pyridine rings is 1. The normalized spacial score (nSPS) is 16.6. The van der Waals surface area contributed by atoms with Gasteiger partial charge in [0.2, 0.25) is 0 Å². The molecule has 1 aliphatic carbocycles. The molecule has 1 aromatic heterocycles. The maximum absolute atomic E-state index is 13.1. The molecule has 180 valence electrons. The minimum absolute atomic E-state index is 0.151. The number of hydrogen-bond donors (Lipinski definition) is 1. The molecule has 4 rings (SSSR count). The number of benzene rings is 2. The summed E-state index contributed by atoms with van der Waals surface area (Å²) in [5.74, 6) is 0.0573. The molecule has 1 atom stereocenters. The van der Waals surface area contributed by atoms with Crippen LogP contribution >= 0.6 is 0 Å². The number of carbonyl (C=O) groups is 1. The first-order valence-corrected chi connectivity index (χ1v) is 12.4. The molecule has 34 heavy (non-hydrogen) atoms. The molecule has 0 spiro atoms. The Hall–Kier alpha value is -2.92. The van der Waals surface area contributed by atoms with Gasteiger partial charge in [0, 0.05) is 11.3 Å². The molecule has 1 unspecified atom stereocenters. The van der Waals surface area contributed by atoms with E-state index in [1.54, 1.807) is 6.92 Å². The minimum Gasteiger partial charge on any atom is -0.487 e. The lowest BCUT2D eigenvalue weighted by Gasteiger charge is -2.34. The molecule has 0 saturated heterocycles. The van der Waals surface area contributed by atoms with Crippen LogP contribution in [-0.4, -0.2) is 22.7 Å². The molecule has 5 nitrogen and oxygen atoms in total. The van der Waals surface area contributed by atoms with Crippen molar-refractivity contribution in [1.29, 1.82) is 0 Å². The topological polar surface area (TPSA) is 68.7 Å². The number of rotatable bonds is 7. The maximum atomic E-state index is 13.1. The third kappa shape index (κ3) is 4.95. The van der Waals surface area contributed by atoms with E-state index in [0.717, 1.165) is 72.0 Å². The van der Waals surface area contributed by atoms with Crippen LogP contribution in [0.1, 0.15) is 67.8 Å². The Bertz CT molecular complexity index is 1130. The Kier molecular flexibility index (Phi) is 7.52. The van der Waals surface area contributed by atoms with Crippen LogP contribution in [0.5, 0.6) is 5.75 Å². The number of para-hydroxylation sites is 1. The second-order valence-corrected chi connectivity index (χ2v) is 9.40. The Morgan fingerprint density at radius 3 is 2.38 bits per heavy atom. The van der Waals surface area contributed by atoms with Gasteiger partial charge in [0.1, 0.15) is 12.4 Å². The monoisotopic (exact) mass is 461 g/mol. The van der Waals surface area contributed by atoms with Gasteiger partial charge in [0.05, 0.1) is 17.8 Å². The highest BCUT2D eigenvalue weighted by molar-refractivity contribution is 5.82. The van der Waals surface area contributed by atoms with E-state index in [2.05, 4.69) is 6.07 Å². The average Bonchev–Trinajstić information content (AvgIpc) is 3.13. The Morgan fingerprint density at radius 1 is 1.03 bits per heavy atom. The van der Waals surface area contributed by atoms with Crippen molar-refractivity contribution in [3.05, 3.63) is 70.9 Å². The summed E-state index contributed by atoms with van der Waals surface area (Å²) in [6, 6.07) is 15.8. The van der Waals surface area contributed by atoms with Crippen molar-refractivity contribution in [3.8, 4) is 5.75 Å². The SMILES string of the molecule is CCOC(=O)C(O)(c1cc(C)c(OCc2ccc3ccccc3n2)c(C)c1)C1CCCCCC1. The number of nitrogens with zero attached hydrogens (tertiary/aromatic N) is 1. The van der Waals surface area contributed by atoms with Crippen molar-refractivity contribution in [2.45, 2.75) is 71.5 Å². The van der Waals surface area contributed by atoms with Crippen molar-refractivity contribution in [3.63, 3.8) is 0 Å². The number of aryl methyl sites for hydroxylation is 2. The zero-order valence-corrected chi connectivity index (χ0v) is 20.5. The van der Waals surface area contributed by atoms with Gasteiger partial charge in [-0.25, -0.2) is 9.78 Å². The number of aliphatic hydroxyl groups is 1. The van der Waals surface area contributed by atoms with E-state index in [-0.39, 0.29) is 12.5 Å². The number of esters is 1. The van der Waals surface area contributed by atoms with Gasteiger partial charge < -0.3 is 14.6 Å². The van der Waals surface area contributed by atoms with Crippen LogP contribution in [0, 0.1) is 19.8 Å². The quantitative estimate of drug-likeness (QED) is 0.337. The number of hydrogen-bond acceptors (Lipinski definition) is 5. The summed E-state index contributed by atoms with van der Waals surface area (Å²) in [6.45, 7) is 6.28. The van der Waals surface area contributed by atoms with Crippen molar-refractivity contribution >= 4 is 16.9 Å². The molecular weight excluding hydrogens is 426 g/mol. The maximum Gasteiger partial charge on any atom is 0.343 e. The molecule has 2 aromatic carbocycles. The van der Waals surface area contributed by atoms with Crippen molar-refractivity contribution in [1.82, 2.24) is 4.98 Å². The van der Waals surface area contributed by atoms with Crippen molar-refractivity contribution in [2.75, 3.05) is 6.61 Å². The summed E-state index contributed by atoms with van der Waals surface area (Å²) < 4.78 is 11.6. The smallest absolute Gasteiger partial charge is 0.343 e. The van der Waals surface area contributed by atoms with Gasteiger partial charge in [-0.1, -0.05) is 49.9 Å². The van der Waals surface area contributed by atoms with Gasteiger partial charge in [-0.15, -0.1) is 0 Å². The molecule has 1 aliphatic rings. The van der Waals surface area contributed by atoms with Gasteiger partial charge in [0.25, 0.3) is 0 Å². The molecule has 5 heteroatoms. The highest BCUT2D eigenvalue weighted by Crippen LogP contribution is 2.41. The van der Waals surface area contributed by atoms with Crippen molar-refractivity contribution < 1.29 is 19.4 Å². The minimum atomic E-state index is -1.64. The molecule has 0 amide bonds. The summed E-state index contributed by atoms with van der Waals surface area (Å²) in [7, 11) is 0. The highest BCUT2D eigenvalue weighted by atomic mass is 16.5. The van der Waals surface area contributed by atoms with E-state index in [4.69, 9.17) is 14.5 Å². The first-order valence-electron chi connectivity index (χ1n) is 12.4. The third-order valence-corrected chi connectivity index (χ3v) is 6.95. The summed E-state index contributed by atoms with van der Waals surface area (Å²) >= 11 is 0. The first-order chi connectivity index (χ1) is 16.4. The van der Waals surface area contributed by atoms with E-state index in [9.17, 15) is 9.90 Å². The van der Waals surface area contributed by atoms with Gasteiger partial charge in [-0.3, -0.25) is 0 Å². The number of aromatic nitrogens is 1. The standard InChI is InChI=1S/C29H35NO4/c1-4-33-28(31)29(32,23-12-7-5-6-8-13-23)24-17-20(2)27(21(3)18-24)34-19-25-16-15-22-11-9-10-14-26(22)30-25/h9-11,14-18,23,32H,4-8,12-13,19H2,1-3H3. The summed E-state index contributed by atoms with van der Waals surface area (Å²) in [5, 5.41) is 13.0. The molecular formula is C29H35NO4. The summed E-state index contributed by atoms with van der Waals surface area (Å²) in [6.07, 6.45) is 5.96. The number of fused-ring (bicyclic) bond motifs is 1. The molecule has 0 bridgehead atoms. The number of carbonyl (C=O) groups excluding carboxylic acids is 1. The summed E-state index contributed by atoms with van der Waals surface area (Å²) in [4.78, 5) is 17.8. The lowest BCUT2D eigenvalue weighted by Crippen LogP contribution is -2.44. The predicted octanol–water partition coefficient (Wildman–Crippen LogP) is 6.15. The second-order valence-electron chi connectivity index (χ2n) is 9.40. The van der Waals surface area contributed by atoms with Crippen LogP contribution in [0.2, 0.25) is 0 Å². The molecule has 0 aliphatic heterocycles. The van der Waals surface area contributed by atoms with E-state index in [1.807, 2.05) is 56.3 Å². The fourth-order valence-electron chi connectivity index (χ4n) is 5.19. The molecule has 3 aromatic rings. The van der Waals surface area contributed by atoms with Crippen LogP contribution in [0.3, 0.4) is 0 Å². The Balaban J connectivity index is 1.61. The lowest BCUT2D eigenvalue weighted by atomic mass is 9.76. The fourth-order valence-corrected chi connectivity index (χ4v) is 5.19. The van der Waals surface area contributed by atoms with E-state index in [1.165, 1.54) is 0 Å². The van der Waals surface area contributed by atoms with Crippen LogP contribution in [0.25, 0.3) is 10.9 Å². The molecule has 1 saturated carbocycles. The number of ether oxygens (including phenoxy) is 2. The second kappa shape index (κ2) is 10.6. The third-order valence-electron chi connectivity index (χ3n) is 6.95. The van der Waals surface area contributed by atoms with E-state index < -0.39 is 11.6 Å².